The van der Waals surface area contributed by atoms with Crippen LogP contribution >= 0.6 is 0 Å². The summed E-state index contributed by atoms with van der Waals surface area (Å²) in [6.45, 7) is 1.72. The molecule has 1 amide bonds. The molecule has 3 rings (SSSR count). The van der Waals surface area contributed by atoms with Crippen molar-refractivity contribution in [2.24, 2.45) is 0 Å². The largest absolute Gasteiger partial charge is 0.382 e. The highest BCUT2D eigenvalue weighted by Gasteiger charge is 2.37. The number of methoxy groups -OCH3 is 1. The van der Waals surface area contributed by atoms with Gasteiger partial charge in [0.25, 0.3) is 5.56 Å². The summed E-state index contributed by atoms with van der Waals surface area (Å²) in [5.41, 5.74) is 0.997. The molecule has 1 aliphatic rings. The number of hydrogen-bond donors (Lipinski definition) is 0. The lowest BCUT2D eigenvalue weighted by molar-refractivity contribution is -0.134. The molecule has 0 saturated carbocycles. The van der Waals surface area contributed by atoms with Crippen molar-refractivity contribution in [2.45, 2.75) is 31.5 Å². The first kappa shape index (κ1) is 19.3. The molecular weight excluding hydrogens is 344 g/mol. The normalized spacial score (nSPS) is 19.4. The van der Waals surface area contributed by atoms with Gasteiger partial charge in [0.05, 0.1) is 25.4 Å². The van der Waals surface area contributed by atoms with Gasteiger partial charge in [-0.3, -0.25) is 9.59 Å². The summed E-state index contributed by atoms with van der Waals surface area (Å²) in [6.07, 6.45) is 3.14. The first-order chi connectivity index (χ1) is 13.2. The summed E-state index contributed by atoms with van der Waals surface area (Å²) in [7, 11) is 1.65. The Bertz CT molecular complexity index is 790. The highest BCUT2D eigenvalue weighted by Crippen LogP contribution is 2.25. The van der Waals surface area contributed by atoms with Crippen LogP contribution in [0.15, 0.2) is 59.5 Å². The van der Waals surface area contributed by atoms with Crippen molar-refractivity contribution in [2.75, 3.05) is 26.9 Å². The Labute approximate surface area is 159 Å². The van der Waals surface area contributed by atoms with Crippen molar-refractivity contribution < 1.29 is 14.3 Å². The van der Waals surface area contributed by atoms with Crippen molar-refractivity contribution in [3.63, 3.8) is 0 Å². The highest BCUT2D eigenvalue weighted by atomic mass is 16.5. The van der Waals surface area contributed by atoms with Crippen LogP contribution in [0.1, 0.15) is 12.0 Å². The van der Waals surface area contributed by atoms with E-state index in [9.17, 15) is 9.59 Å². The van der Waals surface area contributed by atoms with Crippen molar-refractivity contribution in [3.8, 4) is 0 Å². The Balaban J connectivity index is 1.74. The third-order valence-corrected chi connectivity index (χ3v) is 4.92. The minimum atomic E-state index is -0.169. The van der Waals surface area contributed by atoms with Crippen LogP contribution in [0, 0.1) is 0 Å². The van der Waals surface area contributed by atoms with Crippen molar-refractivity contribution in [1.82, 2.24) is 9.47 Å². The number of hydrogen-bond acceptors (Lipinski definition) is 4. The molecule has 1 fully saturated rings. The average molecular weight is 370 g/mol. The molecule has 2 heterocycles. The topological polar surface area (TPSA) is 60.8 Å². The van der Waals surface area contributed by atoms with Crippen LogP contribution in [0.5, 0.6) is 0 Å². The number of ether oxygens (including phenoxy) is 2. The molecule has 144 valence electrons. The molecule has 0 bridgehead atoms. The van der Waals surface area contributed by atoms with Gasteiger partial charge in [-0.25, -0.2) is 0 Å². The summed E-state index contributed by atoms with van der Waals surface area (Å²) >= 11 is 0. The number of benzene rings is 1. The fraction of sp³-hybridized carbons (Fsp3) is 0.429. The molecule has 1 aliphatic heterocycles. The van der Waals surface area contributed by atoms with E-state index in [4.69, 9.17) is 9.47 Å². The minimum absolute atomic E-state index is 0.0307. The zero-order valence-corrected chi connectivity index (χ0v) is 15.6. The molecule has 1 saturated heterocycles. The van der Waals surface area contributed by atoms with E-state index in [0.717, 1.165) is 12.8 Å². The smallest absolute Gasteiger partial charge is 0.250 e. The maximum atomic E-state index is 12.9. The van der Waals surface area contributed by atoms with Crippen LogP contribution in [-0.2, 0) is 27.2 Å². The molecule has 0 N–H and O–H groups in total. The van der Waals surface area contributed by atoms with Crippen LogP contribution in [0.3, 0.4) is 0 Å². The Kier molecular flexibility index (Phi) is 6.79. The molecular formula is C21H26N2O4. The van der Waals surface area contributed by atoms with Crippen LogP contribution in [0.2, 0.25) is 0 Å². The number of aromatic nitrogens is 1. The molecule has 1 aromatic carbocycles. The fourth-order valence-electron chi connectivity index (χ4n) is 3.54. The van der Waals surface area contributed by atoms with Gasteiger partial charge in [0.15, 0.2) is 0 Å². The van der Waals surface area contributed by atoms with Gasteiger partial charge in [-0.15, -0.1) is 0 Å². The molecule has 0 spiro atoms. The van der Waals surface area contributed by atoms with E-state index >= 15 is 0 Å². The Morgan fingerprint density at radius 3 is 2.63 bits per heavy atom. The van der Waals surface area contributed by atoms with E-state index in [0.29, 0.717) is 19.8 Å². The fourth-order valence-corrected chi connectivity index (χ4v) is 3.54. The lowest BCUT2D eigenvalue weighted by Gasteiger charge is -2.28. The quantitative estimate of drug-likeness (QED) is 0.664. The zero-order valence-electron chi connectivity index (χ0n) is 15.6. The molecule has 2 atom stereocenters. The van der Waals surface area contributed by atoms with Crippen molar-refractivity contribution in [3.05, 3.63) is 70.6 Å². The van der Waals surface area contributed by atoms with Crippen LogP contribution < -0.4 is 5.56 Å². The third kappa shape index (κ3) is 5.05. The Hall–Kier alpha value is -2.44. The summed E-state index contributed by atoms with van der Waals surface area (Å²) < 4.78 is 12.5. The first-order valence-corrected chi connectivity index (χ1v) is 9.28. The summed E-state index contributed by atoms with van der Waals surface area (Å²) in [5, 5.41) is 0. The lowest BCUT2D eigenvalue weighted by Crippen LogP contribution is -2.44. The number of rotatable bonds is 8. The minimum Gasteiger partial charge on any atom is -0.382 e. The molecule has 0 aliphatic carbocycles. The van der Waals surface area contributed by atoms with Gasteiger partial charge in [0, 0.05) is 25.9 Å². The van der Waals surface area contributed by atoms with Gasteiger partial charge in [0.2, 0.25) is 5.91 Å². The second-order valence-electron chi connectivity index (χ2n) is 6.70. The second-order valence-corrected chi connectivity index (χ2v) is 6.70. The van der Waals surface area contributed by atoms with E-state index < -0.39 is 0 Å². The maximum absolute atomic E-state index is 12.9. The number of pyridine rings is 1. The standard InChI is InChI=1S/C21H26N2O4/c1-26-13-14-27-19-10-12-23(18(19)15-17-7-3-2-4-8-17)21(25)16-22-11-6-5-9-20(22)24/h2-9,11,18-19H,10,12-16H2,1H3/t18-,19+/m0/s1. The average Bonchev–Trinajstić information content (AvgIpc) is 3.07. The van der Waals surface area contributed by atoms with E-state index in [-0.39, 0.29) is 30.2 Å². The van der Waals surface area contributed by atoms with Gasteiger partial charge in [-0.2, -0.15) is 0 Å². The molecule has 0 radical (unpaired) electrons. The van der Waals surface area contributed by atoms with E-state index in [1.165, 1.54) is 16.2 Å². The van der Waals surface area contributed by atoms with Gasteiger partial charge in [0.1, 0.15) is 6.54 Å². The molecule has 2 aromatic rings. The van der Waals surface area contributed by atoms with Crippen molar-refractivity contribution in [1.29, 1.82) is 0 Å². The Morgan fingerprint density at radius 2 is 1.89 bits per heavy atom. The highest BCUT2D eigenvalue weighted by molar-refractivity contribution is 5.76. The number of carbonyl (C=O) groups is 1. The number of nitrogens with zero attached hydrogens (tertiary/aromatic N) is 2. The van der Waals surface area contributed by atoms with Gasteiger partial charge in [-0.05, 0) is 24.5 Å². The first-order valence-electron chi connectivity index (χ1n) is 9.28. The van der Waals surface area contributed by atoms with E-state index in [1.54, 1.807) is 25.4 Å². The molecule has 6 nitrogen and oxygen atoms in total. The molecule has 27 heavy (non-hydrogen) atoms. The number of likely N-dealkylation sites (tertiary alicyclic amines) is 1. The third-order valence-electron chi connectivity index (χ3n) is 4.92. The lowest BCUT2D eigenvalue weighted by atomic mass is 10.0. The summed E-state index contributed by atoms with van der Waals surface area (Å²) in [6, 6.07) is 15.0. The number of amides is 1. The van der Waals surface area contributed by atoms with Crippen molar-refractivity contribution >= 4 is 5.91 Å². The van der Waals surface area contributed by atoms with E-state index in [2.05, 4.69) is 12.1 Å². The second kappa shape index (κ2) is 9.48. The summed E-state index contributed by atoms with van der Waals surface area (Å²) in [4.78, 5) is 26.7. The summed E-state index contributed by atoms with van der Waals surface area (Å²) in [5.74, 6) is -0.0536. The molecule has 0 unspecified atom stereocenters. The monoisotopic (exact) mass is 370 g/mol. The van der Waals surface area contributed by atoms with Gasteiger partial charge < -0.3 is 18.9 Å². The SMILES string of the molecule is COCCO[C@@H]1CCN(C(=O)Cn2ccccc2=O)[C@H]1Cc1ccccc1. The Morgan fingerprint density at radius 1 is 1.11 bits per heavy atom. The number of carbonyl (C=O) groups excluding carboxylic acids is 1. The van der Waals surface area contributed by atoms with Crippen LogP contribution in [-0.4, -0.2) is 54.4 Å². The predicted molar refractivity (Wildman–Crippen MR) is 103 cm³/mol. The van der Waals surface area contributed by atoms with E-state index in [1.807, 2.05) is 23.1 Å². The molecule has 6 heteroatoms. The van der Waals surface area contributed by atoms with Gasteiger partial charge in [-0.1, -0.05) is 36.4 Å². The van der Waals surface area contributed by atoms with Crippen LogP contribution in [0.4, 0.5) is 0 Å². The molecule has 1 aromatic heterocycles. The zero-order chi connectivity index (χ0) is 19.1. The van der Waals surface area contributed by atoms with Gasteiger partial charge >= 0.3 is 0 Å². The predicted octanol–water partition coefficient (Wildman–Crippen LogP) is 1.72. The maximum Gasteiger partial charge on any atom is 0.250 e. The van der Waals surface area contributed by atoms with Crippen LogP contribution in [0.25, 0.3) is 0 Å².